The lowest BCUT2D eigenvalue weighted by Crippen LogP contribution is -2.17. The van der Waals surface area contributed by atoms with Crippen molar-refractivity contribution in [2.75, 3.05) is 5.32 Å². The molecule has 1 heterocycles. The number of nitrogens with one attached hydrogen (secondary N) is 2. The summed E-state index contributed by atoms with van der Waals surface area (Å²) in [5.41, 5.74) is 0.0635. The molecular weight excluding hydrogens is 230 g/mol. The number of amides is 1. The molecule has 0 saturated carbocycles. The Labute approximate surface area is 108 Å². The summed E-state index contributed by atoms with van der Waals surface area (Å²) < 4.78 is 1.53. The van der Waals surface area contributed by atoms with Gasteiger partial charge in [0, 0.05) is 13.5 Å². The Hall–Kier alpha value is -1.52. The van der Waals surface area contributed by atoms with Crippen LogP contribution in [0, 0.1) is 5.92 Å². The second-order valence-corrected chi connectivity index (χ2v) is 4.93. The van der Waals surface area contributed by atoms with Crippen molar-refractivity contribution in [1.29, 1.82) is 0 Å². The molecule has 0 radical (unpaired) electrons. The molecule has 1 unspecified atom stereocenters. The molecule has 0 fully saturated rings. The number of nitrogens with zero attached hydrogens (tertiary/aromatic N) is 1. The van der Waals surface area contributed by atoms with E-state index in [9.17, 15) is 9.59 Å². The van der Waals surface area contributed by atoms with Gasteiger partial charge in [0.2, 0.25) is 5.91 Å². The molecule has 1 aromatic heterocycles. The van der Waals surface area contributed by atoms with E-state index in [2.05, 4.69) is 24.3 Å². The van der Waals surface area contributed by atoms with Gasteiger partial charge >= 0.3 is 0 Å². The summed E-state index contributed by atoms with van der Waals surface area (Å²) in [4.78, 5) is 23.0. The Morgan fingerprint density at radius 2 is 2.22 bits per heavy atom. The van der Waals surface area contributed by atoms with Gasteiger partial charge in [-0.05, 0) is 12.3 Å². The molecule has 0 aliphatic heterocycles. The number of carbonyl (C=O) groups excluding carboxylic acids is 1. The van der Waals surface area contributed by atoms with Gasteiger partial charge in [0.1, 0.15) is 5.69 Å². The first-order valence-corrected chi connectivity index (χ1v) is 6.58. The molecule has 1 rings (SSSR count). The summed E-state index contributed by atoms with van der Waals surface area (Å²) in [6.45, 7) is 4.33. The van der Waals surface area contributed by atoms with Gasteiger partial charge in [-0.25, -0.2) is 0 Å². The van der Waals surface area contributed by atoms with Crippen LogP contribution in [-0.4, -0.2) is 15.7 Å². The van der Waals surface area contributed by atoms with Crippen LogP contribution < -0.4 is 10.9 Å². The summed E-state index contributed by atoms with van der Waals surface area (Å²) in [5.74, 6) is 0.472. The Balaban J connectivity index is 2.34. The molecule has 0 aromatic carbocycles. The van der Waals surface area contributed by atoms with Gasteiger partial charge in [0.25, 0.3) is 5.56 Å². The summed E-state index contributed by atoms with van der Waals surface area (Å²) in [6.07, 6.45) is 6.49. The third-order valence-electron chi connectivity index (χ3n) is 3.03. The van der Waals surface area contributed by atoms with Crippen LogP contribution >= 0.6 is 0 Å². The molecule has 0 spiro atoms. The average Bonchev–Trinajstić information content (AvgIpc) is 2.62. The highest BCUT2D eigenvalue weighted by molar-refractivity contribution is 5.90. The smallest absolute Gasteiger partial charge is 0.287 e. The van der Waals surface area contributed by atoms with Crippen molar-refractivity contribution in [3.05, 3.63) is 16.6 Å². The fourth-order valence-corrected chi connectivity index (χ4v) is 1.88. The molecule has 0 bridgehead atoms. The molecule has 1 amide bonds. The largest absolute Gasteiger partial charge is 0.320 e. The van der Waals surface area contributed by atoms with Crippen LogP contribution in [0.25, 0.3) is 0 Å². The number of anilines is 1. The Bertz CT molecular complexity index is 434. The van der Waals surface area contributed by atoms with Crippen molar-refractivity contribution in [2.24, 2.45) is 13.0 Å². The lowest BCUT2D eigenvalue weighted by molar-refractivity contribution is -0.116. The SMILES string of the molecule is CCCCC(C)CCC(=O)Nc1cn(C)[nH]c1=O. The van der Waals surface area contributed by atoms with Gasteiger partial charge in [0.15, 0.2) is 0 Å². The monoisotopic (exact) mass is 253 g/mol. The predicted octanol–water partition coefficient (Wildman–Crippen LogP) is 2.26. The van der Waals surface area contributed by atoms with Crippen molar-refractivity contribution in [3.8, 4) is 0 Å². The number of rotatable bonds is 7. The zero-order valence-corrected chi connectivity index (χ0v) is 11.5. The molecule has 5 heteroatoms. The van der Waals surface area contributed by atoms with Gasteiger partial charge in [0.05, 0.1) is 6.20 Å². The number of unbranched alkanes of at least 4 members (excludes halogenated alkanes) is 1. The second-order valence-electron chi connectivity index (χ2n) is 4.93. The van der Waals surface area contributed by atoms with Gasteiger partial charge in [-0.1, -0.05) is 33.1 Å². The minimum atomic E-state index is -0.259. The van der Waals surface area contributed by atoms with Crippen LogP contribution in [0.1, 0.15) is 46.0 Å². The fraction of sp³-hybridized carbons (Fsp3) is 0.692. The molecule has 0 aliphatic carbocycles. The first-order valence-electron chi connectivity index (χ1n) is 6.58. The zero-order chi connectivity index (χ0) is 13.5. The maximum Gasteiger partial charge on any atom is 0.287 e. The number of aryl methyl sites for hydroxylation is 1. The van der Waals surface area contributed by atoms with E-state index in [0.29, 0.717) is 18.0 Å². The van der Waals surface area contributed by atoms with E-state index >= 15 is 0 Å². The molecule has 1 aromatic rings. The molecule has 0 saturated heterocycles. The molecular formula is C13H23N3O2. The lowest BCUT2D eigenvalue weighted by Gasteiger charge is -2.09. The van der Waals surface area contributed by atoms with Crippen LogP contribution in [0.2, 0.25) is 0 Å². The highest BCUT2D eigenvalue weighted by atomic mass is 16.2. The summed E-state index contributed by atoms with van der Waals surface area (Å²) >= 11 is 0. The maximum absolute atomic E-state index is 11.7. The van der Waals surface area contributed by atoms with Crippen LogP contribution in [0.15, 0.2) is 11.0 Å². The Kier molecular flexibility index (Phi) is 5.68. The number of hydrogen-bond acceptors (Lipinski definition) is 2. The quantitative estimate of drug-likeness (QED) is 0.782. The first kappa shape index (κ1) is 14.5. The Morgan fingerprint density at radius 1 is 1.50 bits per heavy atom. The standard InChI is InChI=1S/C13H23N3O2/c1-4-5-6-10(2)7-8-12(17)14-11-9-16(3)15-13(11)18/h9-10H,4-8H2,1-3H3,(H,14,17)(H,15,18). The van der Waals surface area contributed by atoms with Crippen molar-refractivity contribution in [2.45, 2.75) is 46.0 Å². The third-order valence-corrected chi connectivity index (χ3v) is 3.03. The van der Waals surface area contributed by atoms with Gasteiger partial charge < -0.3 is 5.32 Å². The fourth-order valence-electron chi connectivity index (χ4n) is 1.88. The van der Waals surface area contributed by atoms with Crippen LogP contribution in [0.5, 0.6) is 0 Å². The van der Waals surface area contributed by atoms with Crippen LogP contribution in [-0.2, 0) is 11.8 Å². The molecule has 2 N–H and O–H groups in total. The predicted molar refractivity (Wildman–Crippen MR) is 72.6 cm³/mol. The van der Waals surface area contributed by atoms with E-state index in [1.165, 1.54) is 17.5 Å². The zero-order valence-electron chi connectivity index (χ0n) is 11.5. The first-order chi connectivity index (χ1) is 8.52. The van der Waals surface area contributed by atoms with Crippen molar-refractivity contribution >= 4 is 11.6 Å². The number of aromatic nitrogens is 2. The third kappa shape index (κ3) is 4.77. The maximum atomic E-state index is 11.7. The summed E-state index contributed by atoms with van der Waals surface area (Å²) in [6, 6.07) is 0. The van der Waals surface area contributed by atoms with Crippen molar-refractivity contribution in [1.82, 2.24) is 9.78 Å². The second kappa shape index (κ2) is 7.03. The topological polar surface area (TPSA) is 66.9 Å². The van der Waals surface area contributed by atoms with Gasteiger partial charge in [-0.2, -0.15) is 0 Å². The van der Waals surface area contributed by atoms with Crippen molar-refractivity contribution in [3.63, 3.8) is 0 Å². The van der Waals surface area contributed by atoms with Gasteiger partial charge in [-0.3, -0.25) is 19.4 Å². The molecule has 102 valence electrons. The normalized spacial score (nSPS) is 12.4. The van der Waals surface area contributed by atoms with Crippen molar-refractivity contribution < 1.29 is 4.79 Å². The van der Waals surface area contributed by atoms with Crippen LogP contribution in [0.3, 0.4) is 0 Å². The van der Waals surface area contributed by atoms with E-state index in [-0.39, 0.29) is 11.5 Å². The van der Waals surface area contributed by atoms with E-state index in [1.54, 1.807) is 13.2 Å². The summed E-state index contributed by atoms with van der Waals surface area (Å²) in [5, 5.41) is 5.19. The number of carbonyl (C=O) groups is 1. The molecule has 1 atom stereocenters. The van der Waals surface area contributed by atoms with Crippen LogP contribution in [0.4, 0.5) is 5.69 Å². The minimum absolute atomic E-state index is 0.0879. The van der Waals surface area contributed by atoms with E-state index in [4.69, 9.17) is 0 Å². The minimum Gasteiger partial charge on any atom is -0.320 e. The molecule has 5 nitrogen and oxygen atoms in total. The van der Waals surface area contributed by atoms with Gasteiger partial charge in [-0.15, -0.1) is 0 Å². The highest BCUT2D eigenvalue weighted by Gasteiger charge is 2.09. The Morgan fingerprint density at radius 3 is 2.78 bits per heavy atom. The van der Waals surface area contributed by atoms with E-state index in [1.807, 2.05) is 0 Å². The number of H-pyrrole nitrogens is 1. The summed E-state index contributed by atoms with van der Waals surface area (Å²) in [7, 11) is 1.71. The number of hydrogen-bond donors (Lipinski definition) is 2. The average molecular weight is 253 g/mol. The lowest BCUT2D eigenvalue weighted by atomic mass is 9.99. The highest BCUT2D eigenvalue weighted by Crippen LogP contribution is 2.14. The van der Waals surface area contributed by atoms with E-state index in [0.717, 1.165) is 12.8 Å². The molecule has 18 heavy (non-hydrogen) atoms. The van der Waals surface area contributed by atoms with E-state index < -0.39 is 0 Å². The number of aromatic amines is 1. The molecule has 0 aliphatic rings.